The van der Waals surface area contributed by atoms with Crippen LogP contribution in [0.15, 0.2) is 39.3 Å². The van der Waals surface area contributed by atoms with E-state index in [9.17, 15) is 25.2 Å². The first kappa shape index (κ1) is 26.7. The summed E-state index contributed by atoms with van der Waals surface area (Å²) in [6.45, 7) is 4.44. The van der Waals surface area contributed by atoms with Gasteiger partial charge in [-0.3, -0.25) is 0 Å². The molecule has 8 heteroatoms. The van der Waals surface area contributed by atoms with Crippen molar-refractivity contribution in [3.05, 3.63) is 46.0 Å². The quantitative estimate of drug-likeness (QED) is 0.438. The lowest BCUT2D eigenvalue weighted by Gasteiger charge is -2.58. The first-order valence-electron chi connectivity index (χ1n) is 14.4. The largest absolute Gasteiger partial charge is 0.431 e. The van der Waals surface area contributed by atoms with Crippen molar-refractivity contribution in [1.29, 1.82) is 0 Å². The Bertz CT molecular complexity index is 1090. The van der Waals surface area contributed by atoms with Gasteiger partial charge in [0.1, 0.15) is 24.4 Å². The van der Waals surface area contributed by atoms with Gasteiger partial charge in [0.2, 0.25) is 0 Å². The number of aliphatic hydroxyl groups excluding tert-OH is 4. The average Bonchev–Trinajstić information content (AvgIpc) is 3.27. The van der Waals surface area contributed by atoms with E-state index >= 15 is 0 Å². The van der Waals surface area contributed by atoms with Gasteiger partial charge in [-0.05, 0) is 97.5 Å². The van der Waals surface area contributed by atoms with Gasteiger partial charge < -0.3 is 34.3 Å². The van der Waals surface area contributed by atoms with Crippen LogP contribution in [0.3, 0.4) is 0 Å². The highest BCUT2D eigenvalue weighted by atomic mass is 16.7. The highest BCUT2D eigenvalue weighted by molar-refractivity contribution is 5.28. The van der Waals surface area contributed by atoms with Gasteiger partial charge in [-0.2, -0.15) is 0 Å². The minimum atomic E-state index is -1.43. The molecule has 1 aromatic heterocycles. The van der Waals surface area contributed by atoms with Crippen LogP contribution in [0.2, 0.25) is 0 Å². The molecule has 0 radical (unpaired) electrons. The Labute approximate surface area is 223 Å². The number of hydrogen-bond acceptors (Lipinski definition) is 8. The molecule has 1 aromatic rings. The lowest BCUT2D eigenvalue weighted by molar-refractivity contribution is -0.308. The van der Waals surface area contributed by atoms with Gasteiger partial charge in [0.05, 0.1) is 19.0 Å². The second-order valence-corrected chi connectivity index (χ2v) is 13.0. The highest BCUT2D eigenvalue weighted by Gasteiger charge is 2.59. The summed E-state index contributed by atoms with van der Waals surface area (Å²) in [6, 6.07) is 3.52. The van der Waals surface area contributed by atoms with Gasteiger partial charge in [0, 0.05) is 6.07 Å². The molecule has 38 heavy (non-hydrogen) atoms. The first-order chi connectivity index (χ1) is 18.2. The number of fused-ring (bicyclic) bond motifs is 5. The maximum Gasteiger partial charge on any atom is 0.335 e. The van der Waals surface area contributed by atoms with E-state index in [0.717, 1.165) is 32.1 Å². The predicted octanol–water partition coefficient (Wildman–Crippen LogP) is 2.87. The van der Waals surface area contributed by atoms with E-state index in [-0.39, 0.29) is 22.6 Å². The van der Waals surface area contributed by atoms with Crippen molar-refractivity contribution < 1.29 is 34.3 Å². The Morgan fingerprint density at radius 2 is 1.79 bits per heavy atom. The second-order valence-electron chi connectivity index (χ2n) is 13.0. The SMILES string of the molecule is C[C@]12CC[C@H]3[C@@H](CCC4=C[C@H](O[C@H]5O[C@@H](CO)[C@@H](O)[C@@H](O)[C@H]5O)CC[C@@]43C)[C@@H]1CC[C@@H]2c1ccc(=O)oc1. The average molecular weight is 531 g/mol. The summed E-state index contributed by atoms with van der Waals surface area (Å²) in [5, 5.41) is 40.2. The normalized spacial score (nSPS) is 48.5. The molecule has 0 unspecified atom stereocenters. The summed E-state index contributed by atoms with van der Waals surface area (Å²) < 4.78 is 17.0. The Balaban J connectivity index is 1.18. The molecule has 4 fully saturated rings. The van der Waals surface area contributed by atoms with Gasteiger partial charge >= 0.3 is 5.63 Å². The molecule has 8 nitrogen and oxygen atoms in total. The zero-order chi connectivity index (χ0) is 26.8. The number of aliphatic hydroxyl groups is 4. The van der Waals surface area contributed by atoms with E-state index in [1.54, 1.807) is 12.3 Å². The van der Waals surface area contributed by atoms with Crippen LogP contribution < -0.4 is 5.63 Å². The Hall–Kier alpha value is -1.55. The molecule has 1 saturated heterocycles. The lowest BCUT2D eigenvalue weighted by atomic mass is 9.46. The highest BCUT2D eigenvalue weighted by Crippen LogP contribution is 2.68. The van der Waals surface area contributed by atoms with Crippen LogP contribution in [0.25, 0.3) is 0 Å². The third-order valence-electron chi connectivity index (χ3n) is 11.4. The van der Waals surface area contributed by atoms with Crippen LogP contribution >= 0.6 is 0 Å². The zero-order valence-corrected chi connectivity index (χ0v) is 22.4. The molecule has 2 heterocycles. The van der Waals surface area contributed by atoms with E-state index in [2.05, 4.69) is 19.9 Å². The minimum absolute atomic E-state index is 0.122. The van der Waals surface area contributed by atoms with Crippen molar-refractivity contribution in [3.63, 3.8) is 0 Å². The molecule has 0 amide bonds. The summed E-state index contributed by atoms with van der Waals surface area (Å²) in [5.41, 5.74) is 2.66. The van der Waals surface area contributed by atoms with Crippen molar-refractivity contribution in [3.8, 4) is 0 Å². The molecule has 6 rings (SSSR count). The summed E-state index contributed by atoms with van der Waals surface area (Å²) in [5.74, 6) is 2.41. The number of ether oxygens (including phenoxy) is 2. The molecule has 0 spiro atoms. The van der Waals surface area contributed by atoms with Crippen LogP contribution in [0.4, 0.5) is 0 Å². The lowest BCUT2D eigenvalue weighted by Crippen LogP contribution is -2.59. The van der Waals surface area contributed by atoms with Gasteiger partial charge in [0.15, 0.2) is 6.29 Å². The predicted molar refractivity (Wildman–Crippen MR) is 138 cm³/mol. The molecule has 12 atom stereocenters. The number of rotatable bonds is 4. The van der Waals surface area contributed by atoms with Crippen LogP contribution in [-0.4, -0.2) is 63.8 Å². The summed E-state index contributed by atoms with van der Waals surface area (Å²) in [7, 11) is 0. The molecule has 5 aliphatic rings. The van der Waals surface area contributed by atoms with E-state index in [4.69, 9.17) is 13.9 Å². The molecular weight excluding hydrogens is 488 g/mol. The van der Waals surface area contributed by atoms with Gasteiger partial charge in [-0.1, -0.05) is 25.5 Å². The summed E-state index contributed by atoms with van der Waals surface area (Å²) in [4.78, 5) is 11.5. The topological polar surface area (TPSA) is 130 Å². The molecule has 4 N–H and O–H groups in total. The Morgan fingerprint density at radius 1 is 0.974 bits per heavy atom. The first-order valence-corrected chi connectivity index (χ1v) is 14.4. The fourth-order valence-corrected chi connectivity index (χ4v) is 9.27. The van der Waals surface area contributed by atoms with E-state index < -0.39 is 37.3 Å². The van der Waals surface area contributed by atoms with Crippen LogP contribution in [0, 0.1) is 28.6 Å². The van der Waals surface area contributed by atoms with Crippen molar-refractivity contribution in [2.75, 3.05) is 6.61 Å². The third kappa shape index (κ3) is 4.14. The molecule has 4 aliphatic carbocycles. The van der Waals surface area contributed by atoms with E-state index in [0.29, 0.717) is 23.7 Å². The zero-order valence-electron chi connectivity index (χ0n) is 22.4. The number of hydrogen-bond donors (Lipinski definition) is 4. The van der Waals surface area contributed by atoms with E-state index in [1.807, 2.05) is 6.07 Å². The van der Waals surface area contributed by atoms with Crippen molar-refractivity contribution in [2.45, 2.75) is 108 Å². The molecule has 0 aromatic carbocycles. The summed E-state index contributed by atoms with van der Waals surface area (Å²) >= 11 is 0. The van der Waals surface area contributed by atoms with Crippen molar-refractivity contribution in [1.82, 2.24) is 0 Å². The maximum absolute atomic E-state index is 11.5. The second kappa shape index (κ2) is 9.82. The fraction of sp³-hybridized carbons (Fsp3) is 0.767. The van der Waals surface area contributed by atoms with E-state index in [1.165, 1.54) is 30.4 Å². The van der Waals surface area contributed by atoms with Crippen LogP contribution in [0.5, 0.6) is 0 Å². The minimum Gasteiger partial charge on any atom is -0.431 e. The van der Waals surface area contributed by atoms with Crippen LogP contribution in [-0.2, 0) is 9.47 Å². The standard InChI is InChI=1S/C30H42O8/c1-29-11-9-18(37-28-27(35)26(34)25(33)23(14-31)38-28)13-17(29)4-5-19-21-7-6-20(16-3-8-24(32)36-15-16)30(21,2)12-10-22(19)29/h3,8,13,15,18-23,25-28,31,33-35H,4-7,9-12,14H2,1-2H3/t18-,19+,20-,21+,22+,23+,25-,26-,27-,28+,29+,30-/m1/s1. The Morgan fingerprint density at radius 3 is 2.53 bits per heavy atom. The molecule has 3 saturated carbocycles. The molecular formula is C30H42O8. The molecule has 1 aliphatic heterocycles. The fourth-order valence-electron chi connectivity index (χ4n) is 9.27. The molecule has 0 bridgehead atoms. The van der Waals surface area contributed by atoms with Gasteiger partial charge in [-0.25, -0.2) is 4.79 Å². The Kier molecular flexibility index (Phi) is 6.89. The smallest absolute Gasteiger partial charge is 0.335 e. The third-order valence-corrected chi connectivity index (χ3v) is 11.4. The monoisotopic (exact) mass is 530 g/mol. The number of allylic oxidation sites excluding steroid dienone is 1. The maximum atomic E-state index is 11.5. The van der Waals surface area contributed by atoms with Crippen molar-refractivity contribution in [2.24, 2.45) is 28.6 Å². The van der Waals surface area contributed by atoms with Gasteiger partial charge in [0.25, 0.3) is 0 Å². The summed E-state index contributed by atoms with van der Waals surface area (Å²) in [6.07, 6.45) is 6.14. The molecule has 210 valence electrons. The van der Waals surface area contributed by atoms with Crippen molar-refractivity contribution >= 4 is 0 Å². The van der Waals surface area contributed by atoms with Gasteiger partial charge in [-0.15, -0.1) is 0 Å². The van der Waals surface area contributed by atoms with Crippen LogP contribution in [0.1, 0.15) is 76.7 Å².